The number of nitrogens with zero attached hydrogens (tertiary/aromatic N) is 2. The van der Waals surface area contributed by atoms with Gasteiger partial charge in [0.05, 0.1) is 15.7 Å². The molecule has 1 atom stereocenters. The Morgan fingerprint density at radius 3 is 2.58 bits per heavy atom. The Hall–Kier alpha value is -1.51. The Balaban J connectivity index is 1.99. The summed E-state index contributed by atoms with van der Waals surface area (Å²) in [4.78, 5) is 7.12. The van der Waals surface area contributed by atoms with Crippen LogP contribution in [0, 0.1) is 6.92 Å². The summed E-state index contributed by atoms with van der Waals surface area (Å²) in [7, 11) is 0. The lowest BCUT2D eigenvalue weighted by molar-refractivity contribution is 0.381. The SMILES string of the molecule is CCN1c2cc(C)c(C=Nc3ccc(Cl)c(Cl)c3)cc2C(C)CC1(C)C. The first-order chi connectivity index (χ1) is 12.2. The third-order valence-electron chi connectivity index (χ3n) is 5.35. The van der Waals surface area contributed by atoms with Gasteiger partial charge in [-0.3, -0.25) is 4.99 Å². The summed E-state index contributed by atoms with van der Waals surface area (Å²) in [6.45, 7) is 12.4. The van der Waals surface area contributed by atoms with Crippen molar-refractivity contribution in [3.63, 3.8) is 0 Å². The summed E-state index contributed by atoms with van der Waals surface area (Å²) in [5, 5.41) is 1.07. The lowest BCUT2D eigenvalue weighted by Crippen LogP contribution is -2.48. The van der Waals surface area contributed by atoms with Crippen LogP contribution in [-0.2, 0) is 0 Å². The molecule has 2 nitrogen and oxygen atoms in total. The summed E-state index contributed by atoms with van der Waals surface area (Å²) in [5.41, 5.74) is 6.14. The Bertz CT molecular complexity index is 855. The molecule has 1 aliphatic heterocycles. The second-order valence-corrected chi connectivity index (χ2v) is 8.60. The number of hydrogen-bond donors (Lipinski definition) is 0. The van der Waals surface area contributed by atoms with E-state index < -0.39 is 0 Å². The van der Waals surface area contributed by atoms with Crippen molar-refractivity contribution >= 4 is 40.8 Å². The Morgan fingerprint density at radius 2 is 1.92 bits per heavy atom. The van der Waals surface area contributed by atoms with Gasteiger partial charge in [-0.2, -0.15) is 0 Å². The average Bonchev–Trinajstić information content (AvgIpc) is 2.56. The van der Waals surface area contributed by atoms with E-state index in [2.05, 4.69) is 56.6 Å². The van der Waals surface area contributed by atoms with Gasteiger partial charge in [0.25, 0.3) is 0 Å². The first-order valence-electron chi connectivity index (χ1n) is 9.14. The molecule has 1 heterocycles. The zero-order valence-corrected chi connectivity index (χ0v) is 17.6. The van der Waals surface area contributed by atoms with Crippen LogP contribution in [0.3, 0.4) is 0 Å². The van der Waals surface area contributed by atoms with Gasteiger partial charge < -0.3 is 4.90 Å². The molecule has 0 N–H and O–H groups in total. The molecule has 26 heavy (non-hydrogen) atoms. The maximum absolute atomic E-state index is 6.09. The zero-order valence-electron chi connectivity index (χ0n) is 16.1. The molecule has 1 unspecified atom stereocenters. The summed E-state index contributed by atoms with van der Waals surface area (Å²) < 4.78 is 0. The van der Waals surface area contributed by atoms with Crippen LogP contribution in [0.5, 0.6) is 0 Å². The molecule has 0 radical (unpaired) electrons. The molecular formula is C22H26Cl2N2. The fourth-order valence-electron chi connectivity index (χ4n) is 4.10. The van der Waals surface area contributed by atoms with Gasteiger partial charge in [0, 0.05) is 24.0 Å². The van der Waals surface area contributed by atoms with Crippen LogP contribution in [-0.4, -0.2) is 18.3 Å². The van der Waals surface area contributed by atoms with Gasteiger partial charge >= 0.3 is 0 Å². The van der Waals surface area contributed by atoms with Gasteiger partial charge in [0.1, 0.15) is 0 Å². The smallest absolute Gasteiger partial charge is 0.0645 e. The van der Waals surface area contributed by atoms with E-state index in [0.29, 0.717) is 16.0 Å². The normalized spacial score (nSPS) is 19.0. The molecule has 4 heteroatoms. The minimum absolute atomic E-state index is 0.184. The number of anilines is 1. The largest absolute Gasteiger partial charge is 0.366 e. The molecule has 1 aliphatic rings. The summed E-state index contributed by atoms with van der Waals surface area (Å²) in [6, 6.07) is 10.1. The van der Waals surface area contributed by atoms with Crippen LogP contribution in [0.2, 0.25) is 10.0 Å². The second kappa shape index (κ2) is 7.25. The van der Waals surface area contributed by atoms with Gasteiger partial charge in [-0.25, -0.2) is 0 Å². The number of halogens is 2. The van der Waals surface area contributed by atoms with Gasteiger partial charge in [0.2, 0.25) is 0 Å². The predicted octanol–water partition coefficient (Wildman–Crippen LogP) is 7.16. The molecule has 0 saturated heterocycles. The van der Waals surface area contributed by atoms with Crippen molar-refractivity contribution in [1.29, 1.82) is 0 Å². The van der Waals surface area contributed by atoms with Crippen molar-refractivity contribution in [2.24, 2.45) is 4.99 Å². The third kappa shape index (κ3) is 3.63. The topological polar surface area (TPSA) is 15.6 Å². The van der Waals surface area contributed by atoms with Crippen molar-refractivity contribution in [2.75, 3.05) is 11.4 Å². The average molecular weight is 389 g/mol. The highest BCUT2D eigenvalue weighted by molar-refractivity contribution is 6.42. The van der Waals surface area contributed by atoms with Crippen LogP contribution in [0.25, 0.3) is 0 Å². The molecule has 0 saturated carbocycles. The van der Waals surface area contributed by atoms with Crippen LogP contribution < -0.4 is 4.90 Å². The fraction of sp³-hybridized carbons (Fsp3) is 0.409. The molecule has 2 aromatic carbocycles. The lowest BCUT2D eigenvalue weighted by Gasteiger charge is -2.47. The molecule has 138 valence electrons. The van der Waals surface area contributed by atoms with Crippen LogP contribution in [0.15, 0.2) is 35.3 Å². The molecule has 0 spiro atoms. The van der Waals surface area contributed by atoms with Crippen molar-refractivity contribution in [2.45, 2.75) is 52.5 Å². The van der Waals surface area contributed by atoms with E-state index in [0.717, 1.165) is 24.2 Å². The fourth-order valence-corrected chi connectivity index (χ4v) is 4.39. The van der Waals surface area contributed by atoms with E-state index in [1.165, 1.54) is 16.8 Å². The maximum Gasteiger partial charge on any atom is 0.0645 e. The Morgan fingerprint density at radius 1 is 1.19 bits per heavy atom. The first-order valence-corrected chi connectivity index (χ1v) is 9.90. The van der Waals surface area contributed by atoms with E-state index in [1.54, 1.807) is 12.1 Å². The van der Waals surface area contributed by atoms with E-state index >= 15 is 0 Å². The van der Waals surface area contributed by atoms with Crippen molar-refractivity contribution in [3.8, 4) is 0 Å². The molecule has 0 amide bonds. The van der Waals surface area contributed by atoms with E-state index in [1.807, 2.05) is 12.3 Å². The van der Waals surface area contributed by atoms with Gasteiger partial charge in [-0.1, -0.05) is 30.1 Å². The monoisotopic (exact) mass is 388 g/mol. The van der Waals surface area contributed by atoms with Crippen LogP contribution in [0.4, 0.5) is 11.4 Å². The minimum atomic E-state index is 0.184. The van der Waals surface area contributed by atoms with Crippen molar-refractivity contribution < 1.29 is 0 Å². The Kier molecular flexibility index (Phi) is 5.37. The lowest BCUT2D eigenvalue weighted by atomic mass is 9.79. The zero-order chi connectivity index (χ0) is 19.1. The Labute approximate surface area is 166 Å². The van der Waals surface area contributed by atoms with Crippen molar-refractivity contribution in [3.05, 3.63) is 57.1 Å². The van der Waals surface area contributed by atoms with E-state index in [-0.39, 0.29) is 5.54 Å². The standard InChI is InChI=1S/C22H26Cl2N2/c1-6-26-21-9-14(2)16(10-18(21)15(3)12-22(26,4)5)13-25-17-7-8-19(23)20(24)11-17/h7-11,13,15H,6,12H2,1-5H3. The number of benzene rings is 2. The predicted molar refractivity (Wildman–Crippen MR) is 115 cm³/mol. The van der Waals surface area contributed by atoms with E-state index in [4.69, 9.17) is 23.2 Å². The number of fused-ring (bicyclic) bond motifs is 1. The summed E-state index contributed by atoms with van der Waals surface area (Å²) in [6.07, 6.45) is 3.08. The summed E-state index contributed by atoms with van der Waals surface area (Å²) >= 11 is 12.1. The number of rotatable bonds is 3. The van der Waals surface area contributed by atoms with Crippen molar-refractivity contribution in [1.82, 2.24) is 0 Å². The van der Waals surface area contributed by atoms with Crippen LogP contribution >= 0.6 is 23.2 Å². The molecular weight excluding hydrogens is 363 g/mol. The molecule has 3 rings (SSSR count). The highest BCUT2D eigenvalue weighted by Gasteiger charge is 2.35. The molecule has 0 aromatic heterocycles. The maximum atomic E-state index is 6.09. The highest BCUT2D eigenvalue weighted by atomic mass is 35.5. The number of aryl methyl sites for hydroxylation is 1. The molecule has 0 bridgehead atoms. The highest BCUT2D eigenvalue weighted by Crippen LogP contribution is 2.44. The van der Waals surface area contributed by atoms with Gasteiger partial charge in [-0.15, -0.1) is 0 Å². The molecule has 0 fully saturated rings. The molecule has 2 aromatic rings. The minimum Gasteiger partial charge on any atom is -0.366 e. The van der Waals surface area contributed by atoms with Gasteiger partial charge in [-0.05, 0) is 87.1 Å². The number of aliphatic imine (C=N–C) groups is 1. The number of hydrogen-bond acceptors (Lipinski definition) is 2. The second-order valence-electron chi connectivity index (χ2n) is 7.79. The first kappa shape index (κ1) is 19.3. The van der Waals surface area contributed by atoms with E-state index in [9.17, 15) is 0 Å². The third-order valence-corrected chi connectivity index (χ3v) is 6.08. The summed E-state index contributed by atoms with van der Waals surface area (Å²) in [5.74, 6) is 0.528. The quantitative estimate of drug-likeness (QED) is 0.508. The van der Waals surface area contributed by atoms with Crippen LogP contribution in [0.1, 0.15) is 56.7 Å². The molecule has 0 aliphatic carbocycles. The van der Waals surface area contributed by atoms with Gasteiger partial charge in [0.15, 0.2) is 0 Å².